The molecule has 3 amide bonds. The number of hydrogen-bond acceptors (Lipinski definition) is 4. The zero-order valence-corrected chi connectivity index (χ0v) is 18.1. The third-order valence-electron chi connectivity index (χ3n) is 3.66. The smallest absolute Gasteiger partial charge is 0.407 e. The predicted molar refractivity (Wildman–Crippen MR) is 114 cm³/mol. The number of hydrogen-bond donors (Lipinski definition) is 2. The minimum Gasteiger partial charge on any atom is -0.444 e. The summed E-state index contributed by atoms with van der Waals surface area (Å²) in [6, 6.07) is 10.9. The molecule has 0 aliphatic carbocycles. The van der Waals surface area contributed by atoms with Gasteiger partial charge in [0.15, 0.2) is 0 Å². The summed E-state index contributed by atoms with van der Waals surface area (Å²) in [6.07, 6.45) is -0.478. The lowest BCUT2D eigenvalue weighted by Gasteiger charge is -2.21. The Morgan fingerprint density at radius 3 is 2.57 bits per heavy atom. The van der Waals surface area contributed by atoms with Crippen LogP contribution in [-0.4, -0.2) is 29.2 Å². The van der Waals surface area contributed by atoms with Gasteiger partial charge in [-0.2, -0.15) is 0 Å². The van der Waals surface area contributed by atoms with Crippen LogP contribution in [0.3, 0.4) is 0 Å². The lowest BCUT2D eigenvalue weighted by atomic mass is 10.2. The zero-order chi connectivity index (χ0) is 20.7. The Kier molecular flexibility index (Phi) is 7.71. The first-order chi connectivity index (χ1) is 13.2. The van der Waals surface area contributed by atoms with Gasteiger partial charge in [-0.15, -0.1) is 11.3 Å². The Morgan fingerprint density at radius 1 is 1.21 bits per heavy atom. The van der Waals surface area contributed by atoms with Crippen LogP contribution in [0, 0.1) is 0 Å². The van der Waals surface area contributed by atoms with Gasteiger partial charge in [-0.1, -0.05) is 23.7 Å². The summed E-state index contributed by atoms with van der Waals surface area (Å²) < 4.78 is 5.93. The van der Waals surface area contributed by atoms with E-state index in [1.54, 1.807) is 4.90 Å². The first-order valence-electron chi connectivity index (χ1n) is 9.02. The number of carbonyl (C=O) groups excluding carboxylic acids is 2. The van der Waals surface area contributed by atoms with E-state index in [4.69, 9.17) is 16.3 Å². The van der Waals surface area contributed by atoms with Gasteiger partial charge in [-0.05, 0) is 57.5 Å². The summed E-state index contributed by atoms with van der Waals surface area (Å²) in [5.41, 5.74) is 0.976. The van der Waals surface area contributed by atoms with Crippen LogP contribution in [0.4, 0.5) is 15.3 Å². The quantitative estimate of drug-likeness (QED) is 0.646. The Bertz CT molecular complexity index is 817. The van der Waals surface area contributed by atoms with E-state index in [1.807, 2.05) is 64.1 Å². The molecule has 0 aliphatic rings. The van der Waals surface area contributed by atoms with Crippen molar-refractivity contribution in [2.24, 2.45) is 0 Å². The van der Waals surface area contributed by atoms with Crippen molar-refractivity contribution in [2.45, 2.75) is 46.4 Å². The summed E-state index contributed by atoms with van der Waals surface area (Å²) in [6.45, 7) is 8.74. The molecule has 8 heteroatoms. The van der Waals surface area contributed by atoms with E-state index in [0.717, 1.165) is 10.4 Å². The molecule has 2 aromatic rings. The van der Waals surface area contributed by atoms with E-state index < -0.39 is 11.7 Å². The summed E-state index contributed by atoms with van der Waals surface area (Å²) in [4.78, 5) is 27.1. The van der Waals surface area contributed by atoms with Crippen LogP contribution < -0.4 is 10.6 Å². The molecule has 1 heterocycles. The highest BCUT2D eigenvalue weighted by molar-refractivity contribution is 7.16. The number of alkyl carbamates (subject to hydrolysis) is 1. The molecule has 0 radical (unpaired) electrons. The van der Waals surface area contributed by atoms with Crippen molar-refractivity contribution in [3.8, 4) is 0 Å². The van der Waals surface area contributed by atoms with E-state index in [1.165, 1.54) is 11.3 Å². The van der Waals surface area contributed by atoms with E-state index in [2.05, 4.69) is 10.6 Å². The summed E-state index contributed by atoms with van der Waals surface area (Å²) in [7, 11) is 0. The van der Waals surface area contributed by atoms with E-state index >= 15 is 0 Å². The molecule has 0 saturated carbocycles. The van der Waals surface area contributed by atoms with Gasteiger partial charge in [-0.25, -0.2) is 9.59 Å². The molecule has 0 bridgehead atoms. The molecule has 28 heavy (non-hydrogen) atoms. The van der Waals surface area contributed by atoms with Gasteiger partial charge in [0.25, 0.3) is 0 Å². The van der Waals surface area contributed by atoms with Crippen molar-refractivity contribution in [3.63, 3.8) is 0 Å². The molecular weight excluding hydrogens is 398 g/mol. The van der Waals surface area contributed by atoms with Crippen LogP contribution >= 0.6 is 22.9 Å². The Labute approximate surface area is 174 Å². The Hall–Kier alpha value is -2.25. The van der Waals surface area contributed by atoms with Crippen LogP contribution in [0.15, 0.2) is 36.4 Å². The molecule has 0 spiro atoms. The third kappa shape index (κ3) is 7.40. The number of urea groups is 1. The number of nitrogens with zero attached hydrogens (tertiary/aromatic N) is 1. The van der Waals surface area contributed by atoms with Crippen LogP contribution in [0.25, 0.3) is 0 Å². The van der Waals surface area contributed by atoms with Gasteiger partial charge in [-0.3, -0.25) is 0 Å². The number of nitrogens with one attached hydrogen (secondary N) is 2. The number of halogens is 1. The fraction of sp³-hybridized carbons (Fsp3) is 0.400. The standard InChI is InChI=1S/C20H26ClN3O3S/c1-5-24(13-16-9-10-17(21)28-16)18(25)23-15-8-6-7-14(11-15)12-22-19(26)27-20(2,3)4/h6-11H,5,12-13H2,1-4H3,(H,22,26)(H,23,25). The molecule has 1 aromatic heterocycles. The molecule has 0 atom stereocenters. The van der Waals surface area contributed by atoms with Gasteiger partial charge in [0.2, 0.25) is 0 Å². The molecule has 2 rings (SSSR count). The second-order valence-corrected chi connectivity index (χ2v) is 9.01. The van der Waals surface area contributed by atoms with Gasteiger partial charge in [0.1, 0.15) is 5.60 Å². The number of amides is 3. The van der Waals surface area contributed by atoms with E-state index in [0.29, 0.717) is 29.7 Å². The summed E-state index contributed by atoms with van der Waals surface area (Å²) in [5, 5.41) is 5.61. The number of thiophene rings is 1. The fourth-order valence-corrected chi connectivity index (χ4v) is 3.51. The van der Waals surface area contributed by atoms with Gasteiger partial charge >= 0.3 is 12.1 Å². The largest absolute Gasteiger partial charge is 0.444 e. The molecular formula is C20H26ClN3O3S. The summed E-state index contributed by atoms with van der Waals surface area (Å²) >= 11 is 7.42. The van der Waals surface area contributed by atoms with Gasteiger partial charge in [0, 0.05) is 23.7 Å². The SMILES string of the molecule is CCN(Cc1ccc(Cl)s1)C(=O)Nc1cccc(CNC(=O)OC(C)(C)C)c1. The fourth-order valence-electron chi connectivity index (χ4n) is 2.40. The number of anilines is 1. The minimum absolute atomic E-state index is 0.190. The maximum atomic E-state index is 12.6. The monoisotopic (exact) mass is 423 g/mol. The lowest BCUT2D eigenvalue weighted by molar-refractivity contribution is 0.0523. The molecule has 1 aromatic carbocycles. The molecule has 6 nitrogen and oxygen atoms in total. The van der Waals surface area contributed by atoms with Gasteiger partial charge in [0.05, 0.1) is 10.9 Å². The van der Waals surface area contributed by atoms with Crippen LogP contribution in [0.1, 0.15) is 38.1 Å². The predicted octanol–water partition coefficient (Wildman–Crippen LogP) is 5.48. The molecule has 0 saturated heterocycles. The first-order valence-corrected chi connectivity index (χ1v) is 10.2. The highest BCUT2D eigenvalue weighted by Crippen LogP contribution is 2.23. The maximum Gasteiger partial charge on any atom is 0.407 e. The average molecular weight is 424 g/mol. The number of carbonyl (C=O) groups is 2. The van der Waals surface area contributed by atoms with E-state index in [9.17, 15) is 9.59 Å². The van der Waals surface area contributed by atoms with Crippen molar-refractivity contribution in [2.75, 3.05) is 11.9 Å². The number of ether oxygens (including phenoxy) is 1. The zero-order valence-electron chi connectivity index (χ0n) is 16.5. The van der Waals surface area contributed by atoms with Crippen molar-refractivity contribution in [3.05, 3.63) is 51.2 Å². The van der Waals surface area contributed by atoms with Crippen molar-refractivity contribution >= 4 is 40.7 Å². The van der Waals surface area contributed by atoms with Gasteiger partial charge < -0.3 is 20.3 Å². The topological polar surface area (TPSA) is 70.7 Å². The highest BCUT2D eigenvalue weighted by atomic mass is 35.5. The highest BCUT2D eigenvalue weighted by Gasteiger charge is 2.16. The molecule has 0 unspecified atom stereocenters. The second-order valence-electron chi connectivity index (χ2n) is 7.21. The van der Waals surface area contributed by atoms with Crippen LogP contribution in [0.5, 0.6) is 0 Å². The minimum atomic E-state index is -0.545. The molecule has 2 N–H and O–H groups in total. The lowest BCUT2D eigenvalue weighted by Crippen LogP contribution is -2.34. The average Bonchev–Trinajstić information content (AvgIpc) is 3.01. The second kappa shape index (κ2) is 9.80. The normalized spacial score (nSPS) is 11.0. The van der Waals surface area contributed by atoms with Crippen molar-refractivity contribution < 1.29 is 14.3 Å². The molecule has 0 aliphatic heterocycles. The third-order valence-corrected chi connectivity index (χ3v) is 4.87. The van der Waals surface area contributed by atoms with Crippen LogP contribution in [-0.2, 0) is 17.8 Å². The number of benzene rings is 1. The van der Waals surface area contributed by atoms with E-state index in [-0.39, 0.29) is 6.03 Å². The van der Waals surface area contributed by atoms with Crippen molar-refractivity contribution in [1.82, 2.24) is 10.2 Å². The molecule has 0 fully saturated rings. The summed E-state index contributed by atoms with van der Waals surface area (Å²) in [5.74, 6) is 0. The first kappa shape index (κ1) is 22.0. The Balaban J connectivity index is 1.93. The van der Waals surface area contributed by atoms with Crippen molar-refractivity contribution in [1.29, 1.82) is 0 Å². The Morgan fingerprint density at radius 2 is 1.96 bits per heavy atom. The maximum absolute atomic E-state index is 12.6. The van der Waals surface area contributed by atoms with Crippen LogP contribution in [0.2, 0.25) is 4.34 Å². The molecule has 152 valence electrons. The number of rotatable bonds is 6.